The molecule has 2 fully saturated rings. The van der Waals surface area contributed by atoms with E-state index in [-0.39, 0.29) is 28.6 Å². The summed E-state index contributed by atoms with van der Waals surface area (Å²) in [6, 6.07) is 7.03. The van der Waals surface area contributed by atoms with Crippen LogP contribution in [0.5, 0.6) is 5.75 Å². The summed E-state index contributed by atoms with van der Waals surface area (Å²) in [7, 11) is 0. The van der Waals surface area contributed by atoms with Crippen molar-refractivity contribution in [1.82, 2.24) is 20.5 Å². The SMILES string of the molecule is Cc1n[nH]c(C)c1-c1ccc(NC(=O)C(NC(=O)c2coc3cccc(O)c23)C(C2CC2)C2CC2)nc1F. The van der Waals surface area contributed by atoms with E-state index in [4.69, 9.17) is 4.42 Å². The fourth-order valence-corrected chi connectivity index (χ4v) is 5.53. The Labute approximate surface area is 217 Å². The van der Waals surface area contributed by atoms with Crippen LogP contribution in [0.15, 0.2) is 41.0 Å². The number of pyridine rings is 1. The molecule has 196 valence electrons. The van der Waals surface area contributed by atoms with Crippen LogP contribution in [0.1, 0.15) is 47.4 Å². The molecular weight excluding hydrogens is 489 g/mol. The van der Waals surface area contributed by atoms with Crippen LogP contribution in [0.25, 0.3) is 22.1 Å². The van der Waals surface area contributed by atoms with E-state index in [1.807, 2.05) is 0 Å². The van der Waals surface area contributed by atoms with Gasteiger partial charge in [-0.05, 0) is 81.5 Å². The summed E-state index contributed by atoms with van der Waals surface area (Å²) in [5, 5.41) is 23.2. The van der Waals surface area contributed by atoms with E-state index in [2.05, 4.69) is 25.8 Å². The number of carbonyl (C=O) groups excluding carboxylic acids is 2. The predicted molar refractivity (Wildman–Crippen MR) is 138 cm³/mol. The van der Waals surface area contributed by atoms with Gasteiger partial charge in [0.15, 0.2) is 0 Å². The smallest absolute Gasteiger partial charge is 0.255 e. The molecule has 4 aromatic rings. The Morgan fingerprint density at radius 2 is 1.87 bits per heavy atom. The number of benzene rings is 1. The number of aromatic hydroxyl groups is 1. The molecule has 4 N–H and O–H groups in total. The molecule has 0 bridgehead atoms. The lowest BCUT2D eigenvalue weighted by Crippen LogP contribution is -2.50. The number of furan rings is 1. The normalized spacial score (nSPS) is 16.1. The number of aromatic nitrogens is 3. The summed E-state index contributed by atoms with van der Waals surface area (Å²) < 4.78 is 20.5. The molecule has 10 heteroatoms. The van der Waals surface area contributed by atoms with Crippen LogP contribution in [0, 0.1) is 37.5 Å². The van der Waals surface area contributed by atoms with Crippen molar-refractivity contribution < 1.29 is 23.5 Å². The van der Waals surface area contributed by atoms with E-state index in [0.717, 1.165) is 31.4 Å². The minimum Gasteiger partial charge on any atom is -0.507 e. The summed E-state index contributed by atoms with van der Waals surface area (Å²) in [6.45, 7) is 3.58. The lowest BCUT2D eigenvalue weighted by atomic mass is 9.88. The summed E-state index contributed by atoms with van der Waals surface area (Å²) >= 11 is 0. The van der Waals surface area contributed by atoms with Gasteiger partial charge in [0.05, 0.1) is 16.6 Å². The van der Waals surface area contributed by atoms with E-state index in [1.54, 1.807) is 38.1 Å². The second-order valence-corrected chi connectivity index (χ2v) is 10.3. The summed E-state index contributed by atoms with van der Waals surface area (Å²) in [5.41, 5.74) is 2.82. The number of rotatable bonds is 8. The number of carbonyl (C=O) groups is 2. The lowest BCUT2D eigenvalue weighted by molar-refractivity contribution is -0.119. The third-order valence-corrected chi connectivity index (χ3v) is 7.61. The number of anilines is 1. The topological polar surface area (TPSA) is 133 Å². The molecule has 0 radical (unpaired) electrons. The largest absolute Gasteiger partial charge is 0.507 e. The molecule has 3 aromatic heterocycles. The first kappa shape index (κ1) is 24.1. The maximum Gasteiger partial charge on any atom is 0.255 e. The van der Waals surface area contributed by atoms with Gasteiger partial charge in [0.2, 0.25) is 11.9 Å². The zero-order chi connectivity index (χ0) is 26.6. The number of amides is 2. The number of nitrogens with one attached hydrogen (secondary N) is 3. The number of hydrogen-bond donors (Lipinski definition) is 4. The predicted octanol–water partition coefficient (Wildman–Crippen LogP) is 4.85. The summed E-state index contributed by atoms with van der Waals surface area (Å²) in [4.78, 5) is 31.0. The van der Waals surface area contributed by atoms with Gasteiger partial charge in [0.1, 0.15) is 29.5 Å². The van der Waals surface area contributed by atoms with Crippen molar-refractivity contribution in [3.8, 4) is 16.9 Å². The quantitative estimate of drug-likeness (QED) is 0.247. The Kier molecular flexibility index (Phi) is 5.89. The van der Waals surface area contributed by atoms with Crippen molar-refractivity contribution in [2.45, 2.75) is 45.6 Å². The number of aryl methyl sites for hydroxylation is 2. The molecule has 2 saturated carbocycles. The number of nitrogens with zero attached hydrogens (tertiary/aromatic N) is 2. The second-order valence-electron chi connectivity index (χ2n) is 10.3. The fourth-order valence-electron chi connectivity index (χ4n) is 5.53. The molecule has 1 aromatic carbocycles. The molecule has 1 unspecified atom stereocenters. The molecule has 0 aliphatic heterocycles. The Morgan fingerprint density at radius 3 is 2.50 bits per heavy atom. The number of aromatic amines is 1. The van der Waals surface area contributed by atoms with Gasteiger partial charge in [-0.15, -0.1) is 0 Å². The second kappa shape index (κ2) is 9.27. The van der Waals surface area contributed by atoms with Gasteiger partial charge in [-0.25, -0.2) is 4.98 Å². The van der Waals surface area contributed by atoms with Crippen LogP contribution in [-0.2, 0) is 4.79 Å². The monoisotopic (exact) mass is 517 g/mol. The van der Waals surface area contributed by atoms with Crippen LogP contribution in [0.4, 0.5) is 10.2 Å². The number of phenolic OH excluding ortho intramolecular Hbond substituents is 1. The number of hydrogen-bond acceptors (Lipinski definition) is 6. The standard InChI is InChI=1S/C28H28FN5O4/c1-13-22(14(2)34-33-13)17-10-11-21(30-26(17)29)31-28(37)25(23(15-6-7-15)16-8-9-16)32-27(36)18-12-38-20-5-3-4-19(35)24(18)20/h3-5,10-12,15-16,23,25,35H,6-9H2,1-2H3,(H,32,36)(H,33,34)(H,30,31,37). The highest BCUT2D eigenvalue weighted by Crippen LogP contribution is 2.51. The van der Waals surface area contributed by atoms with Crippen molar-refractivity contribution in [2.75, 3.05) is 5.32 Å². The van der Waals surface area contributed by atoms with Crippen molar-refractivity contribution >= 4 is 28.6 Å². The van der Waals surface area contributed by atoms with E-state index in [0.29, 0.717) is 34.1 Å². The van der Waals surface area contributed by atoms with Gasteiger partial charge in [-0.2, -0.15) is 9.49 Å². The highest BCUT2D eigenvalue weighted by Gasteiger charge is 2.48. The molecule has 0 spiro atoms. The number of H-pyrrole nitrogens is 1. The molecule has 1 atom stereocenters. The Morgan fingerprint density at radius 1 is 1.13 bits per heavy atom. The van der Waals surface area contributed by atoms with Crippen molar-refractivity contribution in [2.24, 2.45) is 17.8 Å². The Balaban J connectivity index is 1.28. The van der Waals surface area contributed by atoms with Crippen LogP contribution < -0.4 is 10.6 Å². The van der Waals surface area contributed by atoms with Crippen LogP contribution >= 0.6 is 0 Å². The molecular formula is C28H28FN5O4. The molecule has 2 aliphatic carbocycles. The third kappa shape index (κ3) is 4.40. The number of phenols is 1. The Hall–Kier alpha value is -4.21. The van der Waals surface area contributed by atoms with Crippen molar-refractivity contribution in [1.29, 1.82) is 0 Å². The molecule has 0 saturated heterocycles. The molecule has 3 heterocycles. The maximum atomic E-state index is 15.0. The van der Waals surface area contributed by atoms with E-state index >= 15 is 4.39 Å². The van der Waals surface area contributed by atoms with Gasteiger partial charge < -0.3 is 20.2 Å². The van der Waals surface area contributed by atoms with Gasteiger partial charge >= 0.3 is 0 Å². The van der Waals surface area contributed by atoms with Crippen LogP contribution in [-0.4, -0.2) is 38.1 Å². The molecule has 38 heavy (non-hydrogen) atoms. The Bertz CT molecular complexity index is 1520. The van der Waals surface area contributed by atoms with Gasteiger partial charge in [0, 0.05) is 16.8 Å². The molecule has 9 nitrogen and oxygen atoms in total. The van der Waals surface area contributed by atoms with E-state index < -0.39 is 23.8 Å². The molecule has 2 aliphatic rings. The lowest BCUT2D eigenvalue weighted by Gasteiger charge is -2.27. The van der Waals surface area contributed by atoms with Crippen molar-refractivity contribution in [3.63, 3.8) is 0 Å². The summed E-state index contributed by atoms with van der Waals surface area (Å²) in [5.74, 6) is -1.06. The van der Waals surface area contributed by atoms with Crippen molar-refractivity contribution in [3.05, 3.63) is 59.5 Å². The van der Waals surface area contributed by atoms with Crippen LogP contribution in [0.2, 0.25) is 0 Å². The average molecular weight is 518 g/mol. The van der Waals surface area contributed by atoms with Gasteiger partial charge in [0.25, 0.3) is 5.91 Å². The van der Waals surface area contributed by atoms with Gasteiger partial charge in [-0.3, -0.25) is 14.7 Å². The number of halogens is 1. The molecule has 2 amide bonds. The fraction of sp³-hybridized carbons (Fsp3) is 0.357. The highest BCUT2D eigenvalue weighted by molar-refractivity contribution is 6.09. The minimum atomic E-state index is -0.846. The van der Waals surface area contributed by atoms with Gasteiger partial charge in [-0.1, -0.05) is 6.07 Å². The first-order valence-electron chi connectivity index (χ1n) is 12.8. The third-order valence-electron chi connectivity index (χ3n) is 7.61. The maximum absolute atomic E-state index is 15.0. The first-order chi connectivity index (χ1) is 18.3. The zero-order valence-corrected chi connectivity index (χ0v) is 21.0. The molecule has 6 rings (SSSR count). The van der Waals surface area contributed by atoms with E-state index in [9.17, 15) is 14.7 Å². The zero-order valence-electron chi connectivity index (χ0n) is 21.0. The van der Waals surface area contributed by atoms with E-state index in [1.165, 1.54) is 12.3 Å². The first-order valence-corrected chi connectivity index (χ1v) is 12.8. The highest BCUT2D eigenvalue weighted by atomic mass is 19.1. The minimum absolute atomic E-state index is 0.0361. The average Bonchev–Trinajstić information content (AvgIpc) is 3.82. The van der Waals surface area contributed by atoms with Crippen LogP contribution in [0.3, 0.4) is 0 Å². The number of fused-ring (bicyclic) bond motifs is 1. The summed E-state index contributed by atoms with van der Waals surface area (Å²) in [6.07, 6.45) is 5.29.